The Hall–Kier alpha value is -4.91. The summed E-state index contributed by atoms with van der Waals surface area (Å²) >= 11 is 0. The Kier molecular flexibility index (Phi) is 6.19. The highest BCUT2D eigenvalue weighted by atomic mass is 19.1. The Labute approximate surface area is 205 Å². The van der Waals surface area contributed by atoms with Crippen LogP contribution in [0.1, 0.15) is 21.5 Å². The number of benzene rings is 3. The van der Waals surface area contributed by atoms with Gasteiger partial charge in [-0.05, 0) is 55.5 Å². The number of amides is 1. The molecule has 2 heterocycles. The number of nitrogens with zero attached hydrogens (tertiary/aromatic N) is 2. The maximum Gasteiger partial charge on any atom is 0.271 e. The van der Waals surface area contributed by atoms with Crippen LogP contribution in [0.25, 0.3) is 33.5 Å². The Bertz CT molecular complexity index is 1660. The van der Waals surface area contributed by atoms with Crippen molar-refractivity contribution < 1.29 is 13.6 Å². The van der Waals surface area contributed by atoms with Gasteiger partial charge in [-0.25, -0.2) is 14.8 Å². The summed E-state index contributed by atoms with van der Waals surface area (Å²) in [5.41, 5.74) is 6.72. The smallest absolute Gasteiger partial charge is 0.271 e. The fourth-order valence-corrected chi connectivity index (χ4v) is 3.76. The van der Waals surface area contributed by atoms with E-state index in [2.05, 4.69) is 15.5 Å². The molecule has 176 valence electrons. The molecule has 0 saturated carbocycles. The molecule has 3 aromatic carbocycles. The standard InChI is InChI=1S/C29H20FN3O3/c1-18-7-12-27-24(13-18)28(34)22(17-36-27)16-31-33-29(35)21-14-25(19-5-3-2-4-6-19)32-26(15-21)20-8-10-23(30)11-9-20/h2-17H,1H3,(H,33,35)/b31-16+. The van der Waals surface area contributed by atoms with Crippen LogP contribution in [0.5, 0.6) is 0 Å². The van der Waals surface area contributed by atoms with E-state index in [0.29, 0.717) is 33.5 Å². The van der Waals surface area contributed by atoms with Crippen LogP contribution in [0, 0.1) is 12.7 Å². The number of pyridine rings is 1. The zero-order valence-electron chi connectivity index (χ0n) is 19.2. The van der Waals surface area contributed by atoms with Gasteiger partial charge in [0.1, 0.15) is 17.7 Å². The van der Waals surface area contributed by atoms with Gasteiger partial charge in [0, 0.05) is 16.7 Å². The molecule has 0 fully saturated rings. The highest BCUT2D eigenvalue weighted by Crippen LogP contribution is 2.25. The maximum atomic E-state index is 13.4. The minimum atomic E-state index is -0.491. The molecule has 1 N–H and O–H groups in total. The lowest BCUT2D eigenvalue weighted by Crippen LogP contribution is -2.19. The van der Waals surface area contributed by atoms with Crippen LogP contribution in [0.4, 0.5) is 4.39 Å². The number of carbonyl (C=O) groups is 1. The van der Waals surface area contributed by atoms with Crippen molar-refractivity contribution in [1.82, 2.24) is 10.4 Å². The van der Waals surface area contributed by atoms with Crippen molar-refractivity contribution in [2.75, 3.05) is 0 Å². The van der Waals surface area contributed by atoms with Crippen LogP contribution in [0.2, 0.25) is 0 Å². The molecule has 0 saturated heterocycles. The molecule has 0 unspecified atom stereocenters. The minimum absolute atomic E-state index is 0.208. The fourth-order valence-electron chi connectivity index (χ4n) is 3.76. The second kappa shape index (κ2) is 9.76. The van der Waals surface area contributed by atoms with Crippen LogP contribution in [-0.4, -0.2) is 17.1 Å². The Morgan fingerprint density at radius 2 is 1.64 bits per heavy atom. The number of hydrogen-bond acceptors (Lipinski definition) is 5. The second-order valence-corrected chi connectivity index (χ2v) is 8.22. The molecule has 36 heavy (non-hydrogen) atoms. The average Bonchev–Trinajstić information content (AvgIpc) is 2.91. The molecule has 7 heteroatoms. The van der Waals surface area contributed by atoms with Crippen molar-refractivity contribution in [3.05, 3.63) is 124 Å². The van der Waals surface area contributed by atoms with Gasteiger partial charge in [-0.15, -0.1) is 0 Å². The zero-order valence-corrected chi connectivity index (χ0v) is 19.2. The van der Waals surface area contributed by atoms with Gasteiger partial charge in [-0.3, -0.25) is 9.59 Å². The fraction of sp³-hybridized carbons (Fsp3) is 0.0345. The van der Waals surface area contributed by atoms with Gasteiger partial charge in [0.05, 0.1) is 28.6 Å². The second-order valence-electron chi connectivity index (χ2n) is 8.22. The predicted octanol–water partition coefficient (Wildman–Crippen LogP) is 5.73. The van der Waals surface area contributed by atoms with E-state index in [1.54, 1.807) is 36.4 Å². The number of aryl methyl sites for hydroxylation is 1. The van der Waals surface area contributed by atoms with Gasteiger partial charge >= 0.3 is 0 Å². The van der Waals surface area contributed by atoms with Crippen molar-refractivity contribution in [2.24, 2.45) is 5.10 Å². The van der Waals surface area contributed by atoms with Crippen LogP contribution >= 0.6 is 0 Å². The molecule has 0 aliphatic rings. The van der Waals surface area contributed by atoms with Gasteiger partial charge in [0.15, 0.2) is 0 Å². The van der Waals surface area contributed by atoms with E-state index in [1.807, 2.05) is 43.3 Å². The largest absolute Gasteiger partial charge is 0.463 e. The van der Waals surface area contributed by atoms with Gasteiger partial charge in [0.2, 0.25) is 5.43 Å². The molecule has 0 aliphatic carbocycles. The van der Waals surface area contributed by atoms with Crippen molar-refractivity contribution in [3.63, 3.8) is 0 Å². The third kappa shape index (κ3) is 4.81. The van der Waals surface area contributed by atoms with Crippen molar-refractivity contribution in [1.29, 1.82) is 0 Å². The number of hydrogen-bond donors (Lipinski definition) is 1. The lowest BCUT2D eigenvalue weighted by molar-refractivity contribution is 0.0955. The predicted molar refractivity (Wildman–Crippen MR) is 137 cm³/mol. The normalized spacial score (nSPS) is 11.2. The van der Waals surface area contributed by atoms with E-state index in [-0.39, 0.29) is 16.8 Å². The number of rotatable bonds is 5. The van der Waals surface area contributed by atoms with Gasteiger partial charge in [-0.2, -0.15) is 5.10 Å². The summed E-state index contributed by atoms with van der Waals surface area (Å²) < 4.78 is 19.0. The average molecular weight is 477 g/mol. The monoisotopic (exact) mass is 477 g/mol. The molecule has 5 aromatic rings. The first-order chi connectivity index (χ1) is 17.5. The highest BCUT2D eigenvalue weighted by molar-refractivity contribution is 5.97. The molecule has 0 aliphatic heterocycles. The zero-order chi connectivity index (χ0) is 25.1. The summed E-state index contributed by atoms with van der Waals surface area (Å²) in [7, 11) is 0. The van der Waals surface area contributed by atoms with E-state index in [0.717, 1.165) is 11.1 Å². The Morgan fingerprint density at radius 1 is 0.944 bits per heavy atom. The molecular formula is C29H20FN3O3. The summed E-state index contributed by atoms with van der Waals surface area (Å²) in [4.78, 5) is 30.4. The van der Waals surface area contributed by atoms with Crippen LogP contribution in [0.3, 0.4) is 0 Å². The number of fused-ring (bicyclic) bond motifs is 1. The maximum absolute atomic E-state index is 13.4. The molecular weight excluding hydrogens is 457 g/mol. The van der Waals surface area contributed by atoms with E-state index >= 15 is 0 Å². The first-order valence-corrected chi connectivity index (χ1v) is 11.2. The third-order valence-corrected chi connectivity index (χ3v) is 5.62. The van der Waals surface area contributed by atoms with E-state index in [4.69, 9.17) is 4.42 Å². The van der Waals surface area contributed by atoms with Crippen LogP contribution < -0.4 is 10.9 Å². The summed E-state index contributed by atoms with van der Waals surface area (Å²) in [5.74, 6) is -0.853. The number of carbonyl (C=O) groups excluding carboxylic acids is 1. The lowest BCUT2D eigenvalue weighted by atomic mass is 10.0. The van der Waals surface area contributed by atoms with E-state index in [1.165, 1.54) is 24.6 Å². The summed E-state index contributed by atoms with van der Waals surface area (Å²) in [6.07, 6.45) is 2.56. The molecule has 5 rings (SSSR count). The molecule has 0 bridgehead atoms. The van der Waals surface area contributed by atoms with Crippen LogP contribution in [0.15, 0.2) is 106 Å². The molecule has 1 amide bonds. The van der Waals surface area contributed by atoms with Gasteiger partial charge < -0.3 is 4.42 Å². The van der Waals surface area contributed by atoms with Gasteiger partial charge in [-0.1, -0.05) is 42.0 Å². The Balaban J connectivity index is 1.46. The van der Waals surface area contributed by atoms with Gasteiger partial charge in [0.25, 0.3) is 5.91 Å². The minimum Gasteiger partial charge on any atom is -0.463 e. The summed E-state index contributed by atoms with van der Waals surface area (Å²) in [5, 5.41) is 4.41. The van der Waals surface area contributed by atoms with E-state index < -0.39 is 5.91 Å². The quantitative estimate of drug-likeness (QED) is 0.259. The number of hydrazone groups is 1. The summed E-state index contributed by atoms with van der Waals surface area (Å²) in [6, 6.07) is 23.9. The van der Waals surface area contributed by atoms with Crippen molar-refractivity contribution in [2.45, 2.75) is 6.92 Å². The highest BCUT2D eigenvalue weighted by Gasteiger charge is 2.13. The van der Waals surface area contributed by atoms with E-state index in [9.17, 15) is 14.0 Å². The Morgan fingerprint density at radius 3 is 2.36 bits per heavy atom. The van der Waals surface area contributed by atoms with Crippen molar-refractivity contribution in [3.8, 4) is 22.5 Å². The molecule has 0 radical (unpaired) electrons. The van der Waals surface area contributed by atoms with Crippen molar-refractivity contribution >= 4 is 23.1 Å². The molecule has 6 nitrogen and oxygen atoms in total. The SMILES string of the molecule is Cc1ccc2occ(/C=N/NC(=O)c3cc(-c4ccccc4)nc(-c4ccc(F)cc4)c3)c(=O)c2c1. The number of nitrogens with one attached hydrogen (secondary N) is 1. The van der Waals surface area contributed by atoms with Crippen LogP contribution in [-0.2, 0) is 0 Å². The number of halogens is 1. The number of aromatic nitrogens is 1. The molecule has 0 atom stereocenters. The first-order valence-electron chi connectivity index (χ1n) is 11.2. The summed E-state index contributed by atoms with van der Waals surface area (Å²) in [6.45, 7) is 1.89. The first kappa shape index (κ1) is 22.9. The lowest BCUT2D eigenvalue weighted by Gasteiger charge is -2.09. The third-order valence-electron chi connectivity index (χ3n) is 5.62. The molecule has 0 spiro atoms. The molecule has 2 aromatic heterocycles. The topological polar surface area (TPSA) is 84.6 Å².